The second-order valence-electron chi connectivity index (χ2n) is 5.06. The summed E-state index contributed by atoms with van der Waals surface area (Å²) in [5.41, 5.74) is 0.753. The van der Waals surface area contributed by atoms with E-state index in [1.807, 2.05) is 19.1 Å². The molecule has 0 saturated heterocycles. The quantitative estimate of drug-likeness (QED) is 0.777. The van der Waals surface area contributed by atoms with E-state index in [0.717, 1.165) is 12.0 Å². The van der Waals surface area contributed by atoms with Gasteiger partial charge in [0.15, 0.2) is 0 Å². The van der Waals surface area contributed by atoms with Gasteiger partial charge >= 0.3 is 0 Å². The van der Waals surface area contributed by atoms with Crippen LogP contribution in [0.1, 0.15) is 52.1 Å². The van der Waals surface area contributed by atoms with Crippen molar-refractivity contribution in [2.24, 2.45) is 5.92 Å². The Kier molecular flexibility index (Phi) is 5.63. The van der Waals surface area contributed by atoms with E-state index in [-0.39, 0.29) is 11.9 Å². The second-order valence-corrected chi connectivity index (χ2v) is 5.06. The minimum absolute atomic E-state index is 0.0651. The van der Waals surface area contributed by atoms with Gasteiger partial charge in [0.25, 0.3) is 0 Å². The van der Waals surface area contributed by atoms with Crippen LogP contribution in [0.15, 0.2) is 24.3 Å². The van der Waals surface area contributed by atoms with Crippen molar-refractivity contribution in [1.29, 1.82) is 0 Å². The second kappa shape index (κ2) is 6.75. The number of halogens is 1. The van der Waals surface area contributed by atoms with E-state index >= 15 is 0 Å². The zero-order valence-electron chi connectivity index (χ0n) is 11.3. The standard InChI is InChI=1S/C15H24FN/c1-5-11(2)10-12(3)17-13(4)14-8-6-7-9-15(14)16/h6-9,11-13,17H,5,10H2,1-4H3. The third-order valence-electron chi connectivity index (χ3n) is 3.36. The highest BCUT2D eigenvalue weighted by Gasteiger charge is 2.14. The van der Waals surface area contributed by atoms with Crippen molar-refractivity contribution >= 4 is 0 Å². The predicted molar refractivity (Wildman–Crippen MR) is 71.5 cm³/mol. The van der Waals surface area contributed by atoms with Gasteiger partial charge in [0.1, 0.15) is 5.82 Å². The molecule has 3 atom stereocenters. The van der Waals surface area contributed by atoms with Crippen LogP contribution in [0.5, 0.6) is 0 Å². The van der Waals surface area contributed by atoms with E-state index < -0.39 is 0 Å². The van der Waals surface area contributed by atoms with Crippen LogP contribution in [0.25, 0.3) is 0 Å². The molecule has 0 aliphatic heterocycles. The zero-order chi connectivity index (χ0) is 12.8. The fourth-order valence-corrected chi connectivity index (χ4v) is 2.18. The molecule has 0 aromatic heterocycles. The molecule has 1 N–H and O–H groups in total. The average molecular weight is 237 g/mol. The number of benzene rings is 1. The molecule has 0 saturated carbocycles. The highest BCUT2D eigenvalue weighted by Crippen LogP contribution is 2.18. The molecular formula is C15H24FN. The first-order valence-electron chi connectivity index (χ1n) is 6.55. The summed E-state index contributed by atoms with van der Waals surface area (Å²) in [5.74, 6) is 0.591. The van der Waals surface area contributed by atoms with Crippen molar-refractivity contribution in [3.63, 3.8) is 0 Å². The minimum atomic E-state index is -0.122. The van der Waals surface area contributed by atoms with Crippen molar-refractivity contribution in [3.05, 3.63) is 35.6 Å². The van der Waals surface area contributed by atoms with Crippen LogP contribution < -0.4 is 5.32 Å². The fraction of sp³-hybridized carbons (Fsp3) is 0.600. The van der Waals surface area contributed by atoms with Crippen LogP contribution in [0.2, 0.25) is 0 Å². The molecule has 1 aromatic carbocycles. The van der Waals surface area contributed by atoms with Crippen LogP contribution >= 0.6 is 0 Å². The fourth-order valence-electron chi connectivity index (χ4n) is 2.18. The predicted octanol–water partition coefficient (Wildman–Crippen LogP) is 4.30. The van der Waals surface area contributed by atoms with Gasteiger partial charge in [-0.15, -0.1) is 0 Å². The van der Waals surface area contributed by atoms with Crippen molar-refractivity contribution in [1.82, 2.24) is 5.32 Å². The van der Waals surface area contributed by atoms with Gasteiger partial charge < -0.3 is 5.32 Å². The lowest BCUT2D eigenvalue weighted by atomic mass is 9.99. The normalized spacial score (nSPS) is 16.5. The maximum Gasteiger partial charge on any atom is 0.127 e. The van der Waals surface area contributed by atoms with E-state index in [0.29, 0.717) is 12.0 Å². The van der Waals surface area contributed by atoms with Crippen LogP contribution in [0.3, 0.4) is 0 Å². The van der Waals surface area contributed by atoms with Crippen molar-refractivity contribution in [2.45, 2.75) is 52.6 Å². The topological polar surface area (TPSA) is 12.0 Å². The molecule has 0 aliphatic carbocycles. The molecule has 3 unspecified atom stereocenters. The highest BCUT2D eigenvalue weighted by atomic mass is 19.1. The Hall–Kier alpha value is -0.890. The summed E-state index contributed by atoms with van der Waals surface area (Å²) in [4.78, 5) is 0. The summed E-state index contributed by atoms with van der Waals surface area (Å²) >= 11 is 0. The van der Waals surface area contributed by atoms with Gasteiger partial charge in [-0.25, -0.2) is 4.39 Å². The molecule has 0 spiro atoms. The molecule has 1 rings (SSSR count). The summed E-state index contributed by atoms with van der Waals surface area (Å²) in [6.45, 7) is 8.65. The first-order valence-corrected chi connectivity index (χ1v) is 6.55. The van der Waals surface area contributed by atoms with Crippen LogP contribution in [0, 0.1) is 11.7 Å². The monoisotopic (exact) mass is 237 g/mol. The zero-order valence-corrected chi connectivity index (χ0v) is 11.3. The number of rotatable bonds is 6. The Morgan fingerprint density at radius 3 is 2.41 bits per heavy atom. The van der Waals surface area contributed by atoms with Crippen molar-refractivity contribution in [3.8, 4) is 0 Å². The van der Waals surface area contributed by atoms with Gasteiger partial charge in [-0.1, -0.05) is 38.5 Å². The van der Waals surface area contributed by atoms with Gasteiger partial charge in [-0.3, -0.25) is 0 Å². The van der Waals surface area contributed by atoms with Gasteiger partial charge in [-0.05, 0) is 32.3 Å². The Labute approximate surface area is 104 Å². The van der Waals surface area contributed by atoms with Gasteiger partial charge in [0, 0.05) is 17.6 Å². The van der Waals surface area contributed by atoms with Gasteiger partial charge in [0.2, 0.25) is 0 Å². The number of nitrogens with one attached hydrogen (secondary N) is 1. The Morgan fingerprint density at radius 1 is 1.18 bits per heavy atom. The lowest BCUT2D eigenvalue weighted by Gasteiger charge is -2.23. The third kappa shape index (κ3) is 4.47. The van der Waals surface area contributed by atoms with Crippen molar-refractivity contribution < 1.29 is 4.39 Å². The Morgan fingerprint density at radius 2 is 1.82 bits per heavy atom. The summed E-state index contributed by atoms with van der Waals surface area (Å²) in [6.07, 6.45) is 2.33. The summed E-state index contributed by atoms with van der Waals surface area (Å²) in [7, 11) is 0. The third-order valence-corrected chi connectivity index (χ3v) is 3.36. The Balaban J connectivity index is 2.54. The van der Waals surface area contributed by atoms with Crippen LogP contribution in [-0.4, -0.2) is 6.04 Å². The lowest BCUT2D eigenvalue weighted by molar-refractivity contribution is 0.381. The van der Waals surface area contributed by atoms with Crippen molar-refractivity contribution in [2.75, 3.05) is 0 Å². The summed E-state index contributed by atoms with van der Waals surface area (Å²) in [5, 5.41) is 3.46. The van der Waals surface area contributed by atoms with E-state index in [1.165, 1.54) is 12.5 Å². The van der Waals surface area contributed by atoms with E-state index in [4.69, 9.17) is 0 Å². The first-order chi connectivity index (χ1) is 8.04. The molecule has 0 radical (unpaired) electrons. The molecule has 17 heavy (non-hydrogen) atoms. The number of hydrogen-bond acceptors (Lipinski definition) is 1. The molecule has 1 nitrogen and oxygen atoms in total. The maximum atomic E-state index is 13.6. The molecule has 0 aliphatic rings. The van der Waals surface area contributed by atoms with E-state index in [2.05, 4.69) is 26.1 Å². The molecule has 96 valence electrons. The highest BCUT2D eigenvalue weighted by molar-refractivity contribution is 5.20. The summed E-state index contributed by atoms with van der Waals surface area (Å²) < 4.78 is 13.6. The van der Waals surface area contributed by atoms with Crippen LogP contribution in [0.4, 0.5) is 4.39 Å². The van der Waals surface area contributed by atoms with Crippen LogP contribution in [-0.2, 0) is 0 Å². The van der Waals surface area contributed by atoms with E-state index in [1.54, 1.807) is 6.07 Å². The molecule has 1 aromatic rings. The number of hydrogen-bond donors (Lipinski definition) is 1. The van der Waals surface area contributed by atoms with Gasteiger partial charge in [-0.2, -0.15) is 0 Å². The Bertz CT molecular complexity index is 337. The smallest absolute Gasteiger partial charge is 0.127 e. The lowest BCUT2D eigenvalue weighted by Crippen LogP contribution is -2.30. The molecule has 0 heterocycles. The van der Waals surface area contributed by atoms with E-state index in [9.17, 15) is 4.39 Å². The molecule has 2 heteroatoms. The maximum absolute atomic E-state index is 13.6. The SMILES string of the molecule is CCC(C)CC(C)NC(C)c1ccccc1F. The molecule has 0 bridgehead atoms. The first kappa shape index (κ1) is 14.2. The molecule has 0 fully saturated rings. The summed E-state index contributed by atoms with van der Waals surface area (Å²) in [6, 6.07) is 7.47. The van der Waals surface area contributed by atoms with Gasteiger partial charge in [0.05, 0.1) is 0 Å². The average Bonchev–Trinajstić information content (AvgIpc) is 2.29. The molecule has 0 amide bonds. The largest absolute Gasteiger partial charge is 0.308 e. The molecular weight excluding hydrogens is 213 g/mol. The minimum Gasteiger partial charge on any atom is -0.308 e.